The maximum absolute atomic E-state index is 12.6. The van der Waals surface area contributed by atoms with Crippen LogP contribution in [-0.4, -0.2) is 24.5 Å². The van der Waals surface area contributed by atoms with Crippen molar-refractivity contribution < 1.29 is 14.3 Å². The monoisotopic (exact) mass is 421 g/mol. The second-order valence-electron chi connectivity index (χ2n) is 5.43. The Morgan fingerprint density at radius 1 is 1.17 bits per heavy atom. The molecule has 1 aliphatic heterocycles. The van der Waals surface area contributed by atoms with E-state index in [0.717, 1.165) is 21.2 Å². The number of benzene rings is 2. The van der Waals surface area contributed by atoms with E-state index in [2.05, 4.69) is 22.6 Å². The molecule has 3 rings (SSSR count). The van der Waals surface area contributed by atoms with Gasteiger partial charge in [-0.25, -0.2) is 4.79 Å². The quantitative estimate of drug-likeness (QED) is 0.564. The van der Waals surface area contributed by atoms with Gasteiger partial charge in [0.25, 0.3) is 5.91 Å². The smallest absolute Gasteiger partial charge is 0.338 e. The third-order valence-corrected chi connectivity index (χ3v) is 4.52. The fourth-order valence-electron chi connectivity index (χ4n) is 2.68. The number of ether oxygens (including phenoxy) is 1. The molecule has 0 N–H and O–H groups in total. The van der Waals surface area contributed by atoms with E-state index in [0.29, 0.717) is 12.1 Å². The molecule has 0 aromatic heterocycles. The van der Waals surface area contributed by atoms with Crippen LogP contribution in [0.15, 0.2) is 48.5 Å². The van der Waals surface area contributed by atoms with Crippen molar-refractivity contribution in [2.24, 2.45) is 0 Å². The van der Waals surface area contributed by atoms with Gasteiger partial charge in [0, 0.05) is 15.8 Å². The Labute approximate surface area is 148 Å². The molecule has 2 aromatic carbocycles. The van der Waals surface area contributed by atoms with Gasteiger partial charge in [-0.05, 0) is 65.8 Å². The maximum atomic E-state index is 12.6. The maximum Gasteiger partial charge on any atom is 0.338 e. The van der Waals surface area contributed by atoms with Crippen molar-refractivity contribution >= 4 is 40.2 Å². The highest BCUT2D eigenvalue weighted by Crippen LogP contribution is 2.28. The predicted molar refractivity (Wildman–Crippen MR) is 96.5 cm³/mol. The lowest BCUT2D eigenvalue weighted by molar-refractivity contribution is -0.126. The number of anilines is 1. The lowest BCUT2D eigenvalue weighted by atomic mass is 10.2. The van der Waals surface area contributed by atoms with Crippen LogP contribution in [0, 0.1) is 3.57 Å². The minimum atomic E-state index is -0.813. The number of para-hydroxylation sites is 1. The van der Waals surface area contributed by atoms with Gasteiger partial charge in [0.2, 0.25) is 0 Å². The van der Waals surface area contributed by atoms with Crippen molar-refractivity contribution in [2.45, 2.75) is 19.4 Å². The van der Waals surface area contributed by atoms with Crippen LogP contribution < -0.4 is 4.90 Å². The summed E-state index contributed by atoms with van der Waals surface area (Å²) in [6.45, 7) is 2.25. The van der Waals surface area contributed by atoms with Crippen LogP contribution in [0.2, 0.25) is 0 Å². The number of nitrogens with zero attached hydrogens (tertiary/aromatic N) is 1. The SMILES string of the molecule is C[C@H](OC(=O)c1cccc(I)c1)C(=O)N1CCc2ccccc21. The molecule has 1 amide bonds. The highest BCUT2D eigenvalue weighted by Gasteiger charge is 2.29. The van der Waals surface area contributed by atoms with E-state index < -0.39 is 12.1 Å². The molecular formula is C18H16INO3. The van der Waals surface area contributed by atoms with Crippen molar-refractivity contribution in [3.8, 4) is 0 Å². The third-order valence-electron chi connectivity index (χ3n) is 3.85. The molecule has 0 unspecified atom stereocenters. The van der Waals surface area contributed by atoms with Crippen molar-refractivity contribution in [1.82, 2.24) is 0 Å². The summed E-state index contributed by atoms with van der Waals surface area (Å²) >= 11 is 2.13. The first-order valence-corrected chi connectivity index (χ1v) is 8.50. The van der Waals surface area contributed by atoms with Gasteiger partial charge in [0.15, 0.2) is 6.10 Å². The molecule has 1 atom stereocenters. The summed E-state index contributed by atoms with van der Waals surface area (Å²) < 4.78 is 6.30. The molecule has 4 nitrogen and oxygen atoms in total. The van der Waals surface area contributed by atoms with Crippen LogP contribution in [-0.2, 0) is 16.0 Å². The second-order valence-corrected chi connectivity index (χ2v) is 6.67. The number of fused-ring (bicyclic) bond motifs is 1. The number of hydrogen-bond donors (Lipinski definition) is 0. The summed E-state index contributed by atoms with van der Waals surface area (Å²) in [5.41, 5.74) is 2.52. The van der Waals surface area contributed by atoms with Gasteiger partial charge < -0.3 is 9.64 Å². The van der Waals surface area contributed by atoms with Crippen LogP contribution in [0.3, 0.4) is 0 Å². The Morgan fingerprint density at radius 3 is 2.74 bits per heavy atom. The van der Waals surface area contributed by atoms with Gasteiger partial charge in [-0.15, -0.1) is 0 Å². The average molecular weight is 421 g/mol. The first kappa shape index (κ1) is 16.0. The van der Waals surface area contributed by atoms with Gasteiger partial charge in [-0.1, -0.05) is 24.3 Å². The molecule has 5 heteroatoms. The van der Waals surface area contributed by atoms with Gasteiger partial charge >= 0.3 is 5.97 Å². The van der Waals surface area contributed by atoms with Crippen molar-refractivity contribution in [3.63, 3.8) is 0 Å². The van der Waals surface area contributed by atoms with E-state index in [1.807, 2.05) is 30.3 Å². The topological polar surface area (TPSA) is 46.6 Å². The summed E-state index contributed by atoms with van der Waals surface area (Å²) in [5.74, 6) is -0.661. The van der Waals surface area contributed by atoms with E-state index in [4.69, 9.17) is 4.74 Å². The van der Waals surface area contributed by atoms with Crippen LogP contribution in [0.4, 0.5) is 5.69 Å². The van der Waals surface area contributed by atoms with Crippen LogP contribution in [0.1, 0.15) is 22.8 Å². The van der Waals surface area contributed by atoms with Crippen LogP contribution in [0.5, 0.6) is 0 Å². The van der Waals surface area contributed by atoms with E-state index >= 15 is 0 Å². The molecule has 1 heterocycles. The Hall–Kier alpha value is -1.89. The number of halogens is 1. The minimum Gasteiger partial charge on any atom is -0.449 e. The van der Waals surface area contributed by atoms with E-state index in [-0.39, 0.29) is 5.91 Å². The lowest BCUT2D eigenvalue weighted by Gasteiger charge is -2.21. The Balaban J connectivity index is 1.70. The van der Waals surface area contributed by atoms with E-state index in [9.17, 15) is 9.59 Å². The molecule has 23 heavy (non-hydrogen) atoms. The Bertz CT molecular complexity index is 759. The molecule has 118 valence electrons. The van der Waals surface area contributed by atoms with Gasteiger partial charge in [0.1, 0.15) is 0 Å². The summed E-state index contributed by atoms with van der Waals surface area (Å²) in [6, 6.07) is 14.9. The summed E-state index contributed by atoms with van der Waals surface area (Å²) in [7, 11) is 0. The number of hydrogen-bond acceptors (Lipinski definition) is 3. The largest absolute Gasteiger partial charge is 0.449 e. The van der Waals surface area contributed by atoms with Crippen molar-refractivity contribution in [2.75, 3.05) is 11.4 Å². The Morgan fingerprint density at radius 2 is 1.96 bits per heavy atom. The Kier molecular flexibility index (Phi) is 4.66. The first-order chi connectivity index (χ1) is 11.1. The lowest BCUT2D eigenvalue weighted by Crippen LogP contribution is -2.39. The van der Waals surface area contributed by atoms with E-state index in [1.165, 1.54) is 0 Å². The van der Waals surface area contributed by atoms with Crippen molar-refractivity contribution in [3.05, 3.63) is 63.2 Å². The highest BCUT2D eigenvalue weighted by atomic mass is 127. The third kappa shape index (κ3) is 3.39. The molecule has 0 saturated carbocycles. The first-order valence-electron chi connectivity index (χ1n) is 7.42. The normalized spacial score (nSPS) is 14.3. The molecular weight excluding hydrogens is 405 g/mol. The van der Waals surface area contributed by atoms with Gasteiger partial charge in [-0.2, -0.15) is 0 Å². The van der Waals surface area contributed by atoms with Crippen molar-refractivity contribution in [1.29, 1.82) is 0 Å². The molecule has 2 aromatic rings. The molecule has 0 fully saturated rings. The second kappa shape index (κ2) is 6.70. The number of rotatable bonds is 3. The summed E-state index contributed by atoms with van der Waals surface area (Å²) in [5, 5.41) is 0. The molecule has 0 spiro atoms. The predicted octanol–water partition coefficient (Wildman–Crippen LogP) is 3.43. The molecule has 0 radical (unpaired) electrons. The highest BCUT2D eigenvalue weighted by molar-refractivity contribution is 14.1. The molecule has 0 saturated heterocycles. The standard InChI is InChI=1S/C18H16INO3/c1-12(23-18(22)14-6-4-7-15(19)11-14)17(21)20-10-9-13-5-2-3-8-16(13)20/h2-8,11-12H,9-10H2,1H3/t12-/m0/s1. The average Bonchev–Trinajstić information content (AvgIpc) is 2.98. The minimum absolute atomic E-state index is 0.186. The van der Waals surface area contributed by atoms with Gasteiger partial charge in [0.05, 0.1) is 5.56 Å². The zero-order valence-corrected chi connectivity index (χ0v) is 14.8. The molecule has 1 aliphatic rings. The zero-order valence-electron chi connectivity index (χ0n) is 12.7. The fraction of sp³-hybridized carbons (Fsp3) is 0.222. The number of amides is 1. The molecule has 0 aliphatic carbocycles. The van der Waals surface area contributed by atoms with E-state index in [1.54, 1.807) is 30.0 Å². The number of esters is 1. The summed E-state index contributed by atoms with van der Waals surface area (Å²) in [6.07, 6.45) is 0.0194. The number of carbonyl (C=O) groups excluding carboxylic acids is 2. The zero-order chi connectivity index (χ0) is 16.4. The van der Waals surface area contributed by atoms with Crippen LogP contribution >= 0.6 is 22.6 Å². The van der Waals surface area contributed by atoms with Gasteiger partial charge in [-0.3, -0.25) is 4.79 Å². The molecule has 0 bridgehead atoms. The fourth-order valence-corrected chi connectivity index (χ4v) is 3.22. The number of carbonyl (C=O) groups is 2. The van der Waals surface area contributed by atoms with Crippen LogP contribution in [0.25, 0.3) is 0 Å². The summed E-state index contributed by atoms with van der Waals surface area (Å²) in [4.78, 5) is 26.5.